The standard InChI is InChI=1S/C15H12ClNO2S/c1-11-8-12(9-17)2-3-13(11)10-20(18,19)15-6-4-14(16)5-7-15/h2-8H,10H2,1H3. The molecule has 0 aromatic heterocycles. The summed E-state index contributed by atoms with van der Waals surface area (Å²) in [7, 11) is -3.41. The Morgan fingerprint density at radius 1 is 1.15 bits per heavy atom. The van der Waals surface area contributed by atoms with Gasteiger partial charge in [-0.1, -0.05) is 17.7 Å². The van der Waals surface area contributed by atoms with Crippen LogP contribution in [0.3, 0.4) is 0 Å². The Morgan fingerprint density at radius 3 is 2.35 bits per heavy atom. The van der Waals surface area contributed by atoms with Crippen LogP contribution in [-0.2, 0) is 15.6 Å². The van der Waals surface area contributed by atoms with Crippen LogP contribution in [0.1, 0.15) is 16.7 Å². The van der Waals surface area contributed by atoms with Crippen molar-refractivity contribution in [1.82, 2.24) is 0 Å². The monoisotopic (exact) mass is 305 g/mol. The summed E-state index contributed by atoms with van der Waals surface area (Å²) in [4.78, 5) is 0.241. The predicted molar refractivity (Wildman–Crippen MR) is 78.2 cm³/mol. The van der Waals surface area contributed by atoms with Crippen molar-refractivity contribution < 1.29 is 8.42 Å². The van der Waals surface area contributed by atoms with Crippen molar-refractivity contribution in [3.63, 3.8) is 0 Å². The Kier molecular flexibility index (Phi) is 4.12. The minimum Gasteiger partial charge on any atom is -0.223 e. The maximum atomic E-state index is 12.3. The number of hydrogen-bond donors (Lipinski definition) is 0. The third-order valence-corrected chi connectivity index (χ3v) is 4.92. The average molecular weight is 306 g/mol. The lowest BCUT2D eigenvalue weighted by Crippen LogP contribution is -2.06. The molecule has 2 aromatic carbocycles. The van der Waals surface area contributed by atoms with Crippen molar-refractivity contribution in [3.8, 4) is 6.07 Å². The largest absolute Gasteiger partial charge is 0.223 e. The molecule has 0 fully saturated rings. The zero-order valence-corrected chi connectivity index (χ0v) is 12.4. The van der Waals surface area contributed by atoms with Gasteiger partial charge in [-0.3, -0.25) is 0 Å². The minimum absolute atomic E-state index is 0.0911. The lowest BCUT2D eigenvalue weighted by atomic mass is 10.1. The highest BCUT2D eigenvalue weighted by molar-refractivity contribution is 7.90. The first-order valence-electron chi connectivity index (χ1n) is 5.90. The molecule has 0 spiro atoms. The van der Waals surface area contributed by atoms with E-state index in [1.807, 2.05) is 6.07 Å². The van der Waals surface area contributed by atoms with Gasteiger partial charge in [0.2, 0.25) is 0 Å². The van der Waals surface area contributed by atoms with Gasteiger partial charge < -0.3 is 0 Å². The third kappa shape index (κ3) is 3.19. The van der Waals surface area contributed by atoms with Gasteiger partial charge >= 0.3 is 0 Å². The zero-order chi connectivity index (χ0) is 14.8. The number of benzene rings is 2. The molecule has 0 heterocycles. The first-order valence-corrected chi connectivity index (χ1v) is 7.93. The van der Waals surface area contributed by atoms with Crippen molar-refractivity contribution in [2.45, 2.75) is 17.6 Å². The van der Waals surface area contributed by atoms with Crippen LogP contribution < -0.4 is 0 Å². The van der Waals surface area contributed by atoms with E-state index < -0.39 is 9.84 Å². The molecule has 2 rings (SSSR count). The third-order valence-electron chi connectivity index (χ3n) is 2.99. The Hall–Kier alpha value is -1.83. The maximum Gasteiger partial charge on any atom is 0.182 e. The normalized spacial score (nSPS) is 11.1. The molecule has 0 unspecified atom stereocenters. The van der Waals surface area contributed by atoms with E-state index in [0.29, 0.717) is 16.1 Å². The molecule has 20 heavy (non-hydrogen) atoms. The molecule has 0 atom stereocenters. The molecular formula is C15H12ClNO2S. The Labute approximate surface area is 123 Å². The second-order valence-corrected chi connectivity index (χ2v) is 6.89. The second kappa shape index (κ2) is 5.66. The van der Waals surface area contributed by atoms with Crippen LogP contribution in [0.5, 0.6) is 0 Å². The van der Waals surface area contributed by atoms with Gasteiger partial charge in [-0.15, -0.1) is 0 Å². The highest BCUT2D eigenvalue weighted by Gasteiger charge is 2.16. The SMILES string of the molecule is Cc1cc(C#N)ccc1CS(=O)(=O)c1ccc(Cl)cc1. The molecule has 0 radical (unpaired) electrons. The van der Waals surface area contributed by atoms with E-state index in [2.05, 4.69) is 0 Å². The predicted octanol–water partition coefficient (Wildman–Crippen LogP) is 3.49. The van der Waals surface area contributed by atoms with Crippen LogP contribution in [0, 0.1) is 18.3 Å². The molecule has 5 heteroatoms. The van der Waals surface area contributed by atoms with Crippen LogP contribution in [0.4, 0.5) is 0 Å². The van der Waals surface area contributed by atoms with Gasteiger partial charge in [-0.25, -0.2) is 8.42 Å². The molecule has 0 aliphatic carbocycles. The summed E-state index contributed by atoms with van der Waals surface area (Å²) in [6, 6.07) is 13.1. The lowest BCUT2D eigenvalue weighted by molar-refractivity contribution is 0.595. The smallest absolute Gasteiger partial charge is 0.182 e. The molecule has 0 amide bonds. The summed E-state index contributed by atoms with van der Waals surface area (Å²) in [6.45, 7) is 1.80. The molecule has 0 saturated heterocycles. The molecular weight excluding hydrogens is 294 g/mol. The quantitative estimate of drug-likeness (QED) is 0.872. The van der Waals surface area contributed by atoms with E-state index in [1.54, 1.807) is 37.3 Å². The van der Waals surface area contributed by atoms with Gasteiger partial charge in [0.05, 0.1) is 22.3 Å². The summed E-state index contributed by atoms with van der Waals surface area (Å²) < 4.78 is 24.6. The van der Waals surface area contributed by atoms with E-state index in [0.717, 1.165) is 5.56 Å². The van der Waals surface area contributed by atoms with Crippen LogP contribution in [0.25, 0.3) is 0 Å². The molecule has 0 aliphatic rings. The molecule has 2 aromatic rings. The zero-order valence-electron chi connectivity index (χ0n) is 10.8. The topological polar surface area (TPSA) is 57.9 Å². The van der Waals surface area contributed by atoms with E-state index >= 15 is 0 Å². The number of hydrogen-bond acceptors (Lipinski definition) is 3. The summed E-state index contributed by atoms with van der Waals surface area (Å²) in [5.74, 6) is -0.0911. The van der Waals surface area contributed by atoms with Gasteiger partial charge in [-0.2, -0.15) is 5.26 Å². The molecule has 0 N–H and O–H groups in total. The minimum atomic E-state index is -3.41. The highest BCUT2D eigenvalue weighted by Crippen LogP contribution is 2.21. The molecule has 0 aliphatic heterocycles. The fraction of sp³-hybridized carbons (Fsp3) is 0.133. The van der Waals surface area contributed by atoms with Crippen molar-refractivity contribution in [3.05, 3.63) is 64.2 Å². The lowest BCUT2D eigenvalue weighted by Gasteiger charge is -2.08. The van der Waals surface area contributed by atoms with Gasteiger partial charge in [0.15, 0.2) is 9.84 Å². The number of nitrogens with zero attached hydrogens (tertiary/aromatic N) is 1. The van der Waals surface area contributed by atoms with Crippen LogP contribution >= 0.6 is 11.6 Å². The Morgan fingerprint density at radius 2 is 1.80 bits per heavy atom. The van der Waals surface area contributed by atoms with E-state index in [-0.39, 0.29) is 10.6 Å². The van der Waals surface area contributed by atoms with E-state index in [4.69, 9.17) is 16.9 Å². The summed E-state index contributed by atoms with van der Waals surface area (Å²) in [5.41, 5.74) is 2.01. The van der Waals surface area contributed by atoms with E-state index in [1.165, 1.54) is 12.1 Å². The first kappa shape index (κ1) is 14.6. The molecule has 3 nitrogen and oxygen atoms in total. The Bertz CT molecular complexity index is 775. The average Bonchev–Trinajstić information content (AvgIpc) is 2.41. The van der Waals surface area contributed by atoms with Crippen LogP contribution in [-0.4, -0.2) is 8.42 Å². The molecule has 0 saturated carbocycles. The van der Waals surface area contributed by atoms with Crippen molar-refractivity contribution >= 4 is 21.4 Å². The maximum absolute atomic E-state index is 12.3. The fourth-order valence-corrected chi connectivity index (χ4v) is 3.43. The summed E-state index contributed by atoms with van der Waals surface area (Å²) in [5, 5.41) is 9.31. The number of nitriles is 1. The van der Waals surface area contributed by atoms with E-state index in [9.17, 15) is 8.42 Å². The van der Waals surface area contributed by atoms with Crippen molar-refractivity contribution in [2.75, 3.05) is 0 Å². The number of halogens is 1. The second-order valence-electron chi connectivity index (χ2n) is 4.47. The van der Waals surface area contributed by atoms with Gasteiger partial charge in [-0.05, 0) is 54.4 Å². The van der Waals surface area contributed by atoms with Gasteiger partial charge in [0.1, 0.15) is 0 Å². The fourth-order valence-electron chi connectivity index (χ4n) is 1.86. The van der Waals surface area contributed by atoms with Crippen molar-refractivity contribution in [2.24, 2.45) is 0 Å². The summed E-state index contributed by atoms with van der Waals surface area (Å²) >= 11 is 5.76. The number of aryl methyl sites for hydroxylation is 1. The highest BCUT2D eigenvalue weighted by atomic mass is 35.5. The van der Waals surface area contributed by atoms with Gasteiger partial charge in [0.25, 0.3) is 0 Å². The first-order chi connectivity index (χ1) is 9.42. The van der Waals surface area contributed by atoms with Crippen LogP contribution in [0.15, 0.2) is 47.4 Å². The Balaban J connectivity index is 2.34. The summed E-state index contributed by atoms with van der Waals surface area (Å²) in [6.07, 6.45) is 0. The van der Waals surface area contributed by atoms with Crippen molar-refractivity contribution in [1.29, 1.82) is 5.26 Å². The number of rotatable bonds is 3. The van der Waals surface area contributed by atoms with Gasteiger partial charge in [0, 0.05) is 5.02 Å². The molecule has 0 bridgehead atoms. The number of sulfone groups is 1. The molecule has 102 valence electrons. The van der Waals surface area contributed by atoms with Crippen LogP contribution in [0.2, 0.25) is 5.02 Å².